The molecule has 10 heteroatoms. The summed E-state index contributed by atoms with van der Waals surface area (Å²) < 4.78 is 28.4. The fraction of sp³-hybridized carbons (Fsp3) is 0.294. The molecule has 3 rings (SSSR count). The van der Waals surface area contributed by atoms with Gasteiger partial charge in [0.15, 0.2) is 0 Å². The predicted molar refractivity (Wildman–Crippen MR) is 99.6 cm³/mol. The number of nitrogens with one attached hydrogen (secondary N) is 1. The number of hydroxylamine groups is 1. The average Bonchev–Trinajstić information content (AvgIpc) is 3.13. The Morgan fingerprint density at radius 1 is 1.22 bits per heavy atom. The Hall–Kier alpha value is -2.69. The summed E-state index contributed by atoms with van der Waals surface area (Å²) in [5, 5.41) is 8.64. The van der Waals surface area contributed by atoms with Crippen LogP contribution < -0.4 is 10.4 Å². The van der Waals surface area contributed by atoms with E-state index in [1.165, 1.54) is 21.1 Å². The summed E-state index contributed by atoms with van der Waals surface area (Å²) in [6.07, 6.45) is 5.92. The van der Waals surface area contributed by atoms with E-state index in [4.69, 9.17) is 5.21 Å². The molecule has 0 bridgehead atoms. The molecule has 0 radical (unpaired) electrons. The zero-order valence-electron chi connectivity index (χ0n) is 14.8. The van der Waals surface area contributed by atoms with Gasteiger partial charge in [0.2, 0.25) is 5.16 Å². The van der Waals surface area contributed by atoms with Crippen molar-refractivity contribution in [1.29, 1.82) is 0 Å². The monoisotopic (exact) mass is 391 g/mol. The number of nitrogens with zero attached hydrogens (tertiary/aromatic N) is 4. The van der Waals surface area contributed by atoms with Crippen molar-refractivity contribution in [2.75, 3.05) is 31.1 Å². The van der Waals surface area contributed by atoms with Gasteiger partial charge < -0.3 is 9.47 Å². The van der Waals surface area contributed by atoms with Crippen LogP contribution in [0, 0.1) is 0 Å². The first-order chi connectivity index (χ1) is 12.9. The summed E-state index contributed by atoms with van der Waals surface area (Å²) in [4.78, 5) is 17.2. The molecule has 9 nitrogen and oxygen atoms in total. The molecule has 0 saturated carbocycles. The number of carbonyl (C=O) groups is 1. The van der Waals surface area contributed by atoms with Crippen molar-refractivity contribution < 1.29 is 18.4 Å². The van der Waals surface area contributed by atoms with Gasteiger partial charge in [-0.05, 0) is 17.7 Å². The first kappa shape index (κ1) is 19.1. The largest absolute Gasteiger partial charge is 0.368 e. The normalized spacial score (nSPS) is 16.0. The fourth-order valence-corrected chi connectivity index (χ4v) is 4.50. The molecule has 1 fully saturated rings. The zero-order valence-corrected chi connectivity index (χ0v) is 15.6. The number of sulfonamides is 1. The molecule has 2 aromatic rings. The van der Waals surface area contributed by atoms with Crippen LogP contribution in [0.4, 0.5) is 5.69 Å². The lowest BCUT2D eigenvalue weighted by atomic mass is 10.1. The van der Waals surface area contributed by atoms with Crippen molar-refractivity contribution in [2.45, 2.75) is 5.16 Å². The minimum atomic E-state index is -3.63. The second-order valence-corrected chi connectivity index (χ2v) is 7.91. The van der Waals surface area contributed by atoms with Gasteiger partial charge in [0.05, 0.1) is 0 Å². The van der Waals surface area contributed by atoms with Crippen molar-refractivity contribution in [3.05, 3.63) is 48.3 Å². The van der Waals surface area contributed by atoms with Gasteiger partial charge in [-0.15, -0.1) is 0 Å². The lowest BCUT2D eigenvalue weighted by Crippen LogP contribution is -2.49. The minimum Gasteiger partial charge on any atom is -0.368 e. The number of aromatic nitrogens is 2. The van der Waals surface area contributed by atoms with Crippen LogP contribution in [0.15, 0.2) is 47.9 Å². The van der Waals surface area contributed by atoms with Crippen molar-refractivity contribution in [1.82, 2.24) is 19.3 Å². The number of imidazole rings is 1. The number of benzene rings is 1. The van der Waals surface area contributed by atoms with Gasteiger partial charge in [-0.3, -0.25) is 10.0 Å². The number of aryl methyl sites for hydroxylation is 1. The van der Waals surface area contributed by atoms with Crippen LogP contribution in [0.2, 0.25) is 0 Å². The molecule has 1 saturated heterocycles. The van der Waals surface area contributed by atoms with E-state index in [0.717, 1.165) is 11.3 Å². The number of para-hydroxylation sites is 1. The maximum atomic E-state index is 12.7. The minimum absolute atomic E-state index is 0.0364. The summed E-state index contributed by atoms with van der Waals surface area (Å²) in [5.74, 6) is -0.615. The van der Waals surface area contributed by atoms with Gasteiger partial charge in [-0.25, -0.2) is 18.9 Å². The van der Waals surface area contributed by atoms with Gasteiger partial charge in [0, 0.05) is 57.4 Å². The second kappa shape index (κ2) is 7.91. The molecule has 0 atom stereocenters. The van der Waals surface area contributed by atoms with Crippen molar-refractivity contribution in [3.63, 3.8) is 0 Å². The molecule has 27 heavy (non-hydrogen) atoms. The highest BCUT2D eigenvalue weighted by Gasteiger charge is 2.31. The van der Waals surface area contributed by atoms with Crippen LogP contribution in [0.5, 0.6) is 0 Å². The molecule has 0 aliphatic carbocycles. The maximum absolute atomic E-state index is 12.7. The molecule has 2 N–H and O–H groups in total. The first-order valence-electron chi connectivity index (χ1n) is 8.37. The molecule has 1 aliphatic heterocycles. The summed E-state index contributed by atoms with van der Waals surface area (Å²) in [6.45, 7) is 1.70. The Bertz CT molecular complexity index is 946. The number of piperazine rings is 1. The molecular formula is C17H21N5O4S. The lowest BCUT2D eigenvalue weighted by Gasteiger charge is -2.35. The van der Waals surface area contributed by atoms with Crippen LogP contribution in [-0.2, 0) is 21.9 Å². The molecule has 0 spiro atoms. The van der Waals surface area contributed by atoms with Crippen molar-refractivity contribution in [2.24, 2.45) is 7.05 Å². The van der Waals surface area contributed by atoms with Crippen LogP contribution in [0.3, 0.4) is 0 Å². The molecule has 1 aromatic carbocycles. The van der Waals surface area contributed by atoms with Gasteiger partial charge in [-0.2, -0.15) is 4.31 Å². The highest BCUT2D eigenvalue weighted by atomic mass is 32.2. The molecule has 1 aromatic heterocycles. The average molecular weight is 391 g/mol. The molecule has 1 amide bonds. The number of hydrogen-bond donors (Lipinski definition) is 2. The van der Waals surface area contributed by atoms with Crippen LogP contribution in [0.1, 0.15) is 5.56 Å². The summed E-state index contributed by atoms with van der Waals surface area (Å²) in [7, 11) is -1.97. The van der Waals surface area contributed by atoms with Crippen molar-refractivity contribution in [3.8, 4) is 0 Å². The third kappa shape index (κ3) is 4.02. The van der Waals surface area contributed by atoms with Gasteiger partial charge in [0.25, 0.3) is 15.9 Å². The van der Waals surface area contributed by atoms with Gasteiger partial charge in [-0.1, -0.05) is 18.2 Å². The SMILES string of the molecule is Cn1ccnc1S(=O)(=O)N1CCN(c2ccccc2C=CC(=O)NO)CC1. The molecule has 144 valence electrons. The first-order valence-corrected chi connectivity index (χ1v) is 9.81. The number of anilines is 1. The van der Waals surface area contributed by atoms with E-state index in [1.807, 2.05) is 24.3 Å². The summed E-state index contributed by atoms with van der Waals surface area (Å²) in [6, 6.07) is 7.50. The molecule has 1 aliphatic rings. The Morgan fingerprint density at radius 3 is 2.56 bits per heavy atom. The van der Waals surface area contributed by atoms with E-state index in [9.17, 15) is 13.2 Å². The Labute approximate surface area is 157 Å². The Kier molecular flexibility index (Phi) is 5.59. The lowest BCUT2D eigenvalue weighted by molar-refractivity contribution is -0.124. The molecule has 0 unspecified atom stereocenters. The number of amides is 1. The Balaban J connectivity index is 1.74. The standard InChI is InChI=1S/C17H21N5O4S/c1-20-9-8-18-17(20)27(25,26)22-12-10-21(11-13-22)15-5-3-2-4-14(15)6-7-16(23)19-24/h2-9,24H,10-13H2,1H3,(H,19,23). The zero-order chi connectivity index (χ0) is 19.4. The smallest absolute Gasteiger partial charge is 0.277 e. The number of carbonyl (C=O) groups excluding carboxylic acids is 1. The third-order valence-corrected chi connectivity index (χ3v) is 6.29. The quantitative estimate of drug-likeness (QED) is 0.435. The van der Waals surface area contributed by atoms with E-state index in [1.54, 1.807) is 24.8 Å². The van der Waals surface area contributed by atoms with E-state index >= 15 is 0 Å². The summed E-state index contributed by atoms with van der Waals surface area (Å²) >= 11 is 0. The van der Waals surface area contributed by atoms with E-state index in [0.29, 0.717) is 26.2 Å². The predicted octanol–water partition coefficient (Wildman–Crippen LogP) is 0.450. The number of hydrogen-bond acceptors (Lipinski definition) is 6. The van der Waals surface area contributed by atoms with E-state index in [-0.39, 0.29) is 5.16 Å². The van der Waals surface area contributed by atoms with E-state index in [2.05, 4.69) is 9.88 Å². The maximum Gasteiger partial charge on any atom is 0.277 e. The molecule has 2 heterocycles. The van der Waals surface area contributed by atoms with Crippen molar-refractivity contribution >= 4 is 27.7 Å². The summed E-state index contributed by atoms with van der Waals surface area (Å²) in [5.41, 5.74) is 3.26. The highest BCUT2D eigenvalue weighted by Crippen LogP contribution is 2.24. The second-order valence-electron chi connectivity index (χ2n) is 6.08. The highest BCUT2D eigenvalue weighted by molar-refractivity contribution is 7.89. The fourth-order valence-electron chi connectivity index (χ4n) is 3.00. The number of rotatable bonds is 5. The van der Waals surface area contributed by atoms with Crippen LogP contribution in [-0.4, -0.2) is 59.6 Å². The van der Waals surface area contributed by atoms with E-state index < -0.39 is 15.9 Å². The van der Waals surface area contributed by atoms with Crippen LogP contribution in [0.25, 0.3) is 6.08 Å². The van der Waals surface area contributed by atoms with Gasteiger partial charge >= 0.3 is 0 Å². The Morgan fingerprint density at radius 2 is 1.93 bits per heavy atom. The van der Waals surface area contributed by atoms with Gasteiger partial charge in [0.1, 0.15) is 0 Å². The third-order valence-electron chi connectivity index (χ3n) is 4.39. The molecular weight excluding hydrogens is 370 g/mol. The topological polar surface area (TPSA) is 108 Å². The van der Waals surface area contributed by atoms with Crippen LogP contribution >= 0.6 is 0 Å².